The van der Waals surface area contributed by atoms with Gasteiger partial charge in [0, 0.05) is 5.69 Å². The SMILES string of the molecule is Cc1cccc(OCCN2C(=O)S/C(=C\c3ccc(OCC(=O)Nc4ccc(C)cc4C)cc3)C2=O)c1. The summed E-state index contributed by atoms with van der Waals surface area (Å²) in [6.07, 6.45) is 1.67. The van der Waals surface area contributed by atoms with Crippen LogP contribution in [0.15, 0.2) is 71.6 Å². The van der Waals surface area contributed by atoms with Crippen LogP contribution in [0.1, 0.15) is 22.3 Å². The van der Waals surface area contributed by atoms with Crippen molar-refractivity contribution in [1.82, 2.24) is 4.90 Å². The first-order valence-electron chi connectivity index (χ1n) is 11.8. The Balaban J connectivity index is 1.28. The predicted octanol–water partition coefficient (Wildman–Crippen LogP) is 5.74. The summed E-state index contributed by atoms with van der Waals surface area (Å²) in [6.45, 7) is 6.17. The fourth-order valence-electron chi connectivity index (χ4n) is 3.75. The number of rotatable bonds is 9. The molecule has 0 atom stereocenters. The van der Waals surface area contributed by atoms with E-state index >= 15 is 0 Å². The maximum Gasteiger partial charge on any atom is 0.293 e. The summed E-state index contributed by atoms with van der Waals surface area (Å²) in [5.41, 5.74) is 4.69. The quantitative estimate of drug-likeness (QED) is 0.365. The molecule has 3 aromatic carbocycles. The molecule has 0 radical (unpaired) electrons. The number of imide groups is 1. The van der Waals surface area contributed by atoms with Crippen molar-refractivity contribution in [2.75, 3.05) is 25.1 Å². The molecule has 1 N–H and O–H groups in total. The zero-order valence-corrected chi connectivity index (χ0v) is 21.8. The third-order valence-corrected chi connectivity index (χ3v) is 6.56. The Morgan fingerprint density at radius 1 is 0.919 bits per heavy atom. The van der Waals surface area contributed by atoms with Crippen LogP contribution in [-0.2, 0) is 9.59 Å². The molecule has 3 amide bonds. The summed E-state index contributed by atoms with van der Waals surface area (Å²) >= 11 is 0.905. The Kier molecular flexibility index (Phi) is 8.30. The van der Waals surface area contributed by atoms with E-state index in [-0.39, 0.29) is 36.8 Å². The van der Waals surface area contributed by atoms with E-state index in [9.17, 15) is 14.4 Å². The molecule has 1 aliphatic heterocycles. The molecule has 4 rings (SSSR count). The van der Waals surface area contributed by atoms with E-state index in [0.717, 1.165) is 39.7 Å². The molecule has 3 aromatic rings. The van der Waals surface area contributed by atoms with Crippen LogP contribution in [-0.4, -0.2) is 41.7 Å². The Bertz CT molecular complexity index is 1350. The number of thioether (sulfide) groups is 1. The number of hydrogen-bond donors (Lipinski definition) is 1. The molecule has 0 unspecified atom stereocenters. The van der Waals surface area contributed by atoms with Crippen molar-refractivity contribution >= 4 is 40.6 Å². The van der Waals surface area contributed by atoms with Gasteiger partial charge in [-0.25, -0.2) is 0 Å². The number of aryl methyl sites for hydroxylation is 3. The molecule has 0 aromatic heterocycles. The van der Waals surface area contributed by atoms with Gasteiger partial charge in [0.15, 0.2) is 6.61 Å². The molecule has 37 heavy (non-hydrogen) atoms. The minimum Gasteiger partial charge on any atom is -0.492 e. The first kappa shape index (κ1) is 26.0. The zero-order chi connectivity index (χ0) is 26.4. The van der Waals surface area contributed by atoms with Gasteiger partial charge in [0.25, 0.3) is 17.1 Å². The van der Waals surface area contributed by atoms with Gasteiger partial charge in [-0.05, 0) is 85.6 Å². The highest BCUT2D eigenvalue weighted by molar-refractivity contribution is 8.18. The largest absolute Gasteiger partial charge is 0.492 e. The summed E-state index contributed by atoms with van der Waals surface area (Å²) in [5.74, 6) is 0.629. The smallest absolute Gasteiger partial charge is 0.293 e. The van der Waals surface area contributed by atoms with Crippen LogP contribution in [0.4, 0.5) is 10.5 Å². The van der Waals surface area contributed by atoms with Crippen LogP contribution < -0.4 is 14.8 Å². The van der Waals surface area contributed by atoms with Crippen LogP contribution in [0.3, 0.4) is 0 Å². The number of benzene rings is 3. The Morgan fingerprint density at radius 2 is 1.68 bits per heavy atom. The molecule has 1 heterocycles. The maximum atomic E-state index is 12.7. The fourth-order valence-corrected chi connectivity index (χ4v) is 4.62. The fraction of sp³-hybridized carbons (Fsp3) is 0.207. The summed E-state index contributed by atoms with van der Waals surface area (Å²) in [7, 11) is 0. The molecule has 190 valence electrons. The van der Waals surface area contributed by atoms with Gasteiger partial charge in [-0.15, -0.1) is 0 Å². The first-order valence-corrected chi connectivity index (χ1v) is 12.6. The summed E-state index contributed by atoms with van der Waals surface area (Å²) < 4.78 is 11.3. The molecular formula is C29H28N2O5S. The van der Waals surface area contributed by atoms with Crippen molar-refractivity contribution in [3.8, 4) is 11.5 Å². The average molecular weight is 517 g/mol. The Hall–Kier alpha value is -4.04. The molecule has 7 nitrogen and oxygen atoms in total. The number of ether oxygens (including phenoxy) is 2. The number of carbonyl (C=O) groups is 3. The number of amides is 3. The molecular weight excluding hydrogens is 488 g/mol. The molecule has 8 heteroatoms. The van der Waals surface area contributed by atoms with Crippen LogP contribution >= 0.6 is 11.8 Å². The van der Waals surface area contributed by atoms with E-state index in [4.69, 9.17) is 9.47 Å². The summed E-state index contributed by atoms with van der Waals surface area (Å²) in [4.78, 5) is 38.9. The van der Waals surface area contributed by atoms with E-state index in [2.05, 4.69) is 5.32 Å². The van der Waals surface area contributed by atoms with Crippen molar-refractivity contribution in [2.45, 2.75) is 20.8 Å². The van der Waals surface area contributed by atoms with E-state index in [1.54, 1.807) is 30.3 Å². The number of nitrogens with zero attached hydrogens (tertiary/aromatic N) is 1. The zero-order valence-electron chi connectivity index (χ0n) is 20.9. The second kappa shape index (κ2) is 11.8. The van der Waals surface area contributed by atoms with Gasteiger partial charge in [-0.3, -0.25) is 19.3 Å². The third-order valence-electron chi connectivity index (χ3n) is 5.65. The number of nitrogens with one attached hydrogen (secondary N) is 1. The third kappa shape index (κ3) is 7.01. The van der Waals surface area contributed by atoms with Gasteiger partial charge in [-0.1, -0.05) is 42.0 Å². The molecule has 0 saturated carbocycles. The minimum absolute atomic E-state index is 0.129. The van der Waals surface area contributed by atoms with Crippen molar-refractivity contribution in [1.29, 1.82) is 0 Å². The second-order valence-electron chi connectivity index (χ2n) is 8.72. The second-order valence-corrected chi connectivity index (χ2v) is 9.72. The van der Waals surface area contributed by atoms with Gasteiger partial charge in [-0.2, -0.15) is 0 Å². The molecule has 1 fully saturated rings. The number of anilines is 1. The predicted molar refractivity (Wildman–Crippen MR) is 146 cm³/mol. The average Bonchev–Trinajstić information content (AvgIpc) is 3.13. The van der Waals surface area contributed by atoms with Gasteiger partial charge < -0.3 is 14.8 Å². The van der Waals surface area contributed by atoms with Crippen LogP contribution in [0.2, 0.25) is 0 Å². The highest BCUT2D eigenvalue weighted by Gasteiger charge is 2.34. The monoisotopic (exact) mass is 516 g/mol. The molecule has 1 saturated heterocycles. The lowest BCUT2D eigenvalue weighted by molar-refractivity contribution is -0.123. The standard InChI is InChI=1S/C29H28N2O5S/c1-19-5-4-6-24(16-19)35-14-13-31-28(33)26(37-29(31)34)17-22-8-10-23(11-9-22)36-18-27(32)30-25-12-7-20(2)15-21(25)3/h4-12,15-17H,13-14,18H2,1-3H3,(H,30,32)/b26-17-. The summed E-state index contributed by atoms with van der Waals surface area (Å²) in [5, 5.41) is 2.53. The van der Waals surface area contributed by atoms with Crippen molar-refractivity contribution in [2.24, 2.45) is 0 Å². The van der Waals surface area contributed by atoms with Gasteiger partial charge in [0.2, 0.25) is 0 Å². The molecule has 0 aliphatic carbocycles. The molecule has 1 aliphatic rings. The number of carbonyl (C=O) groups excluding carboxylic acids is 3. The molecule has 0 bridgehead atoms. The van der Waals surface area contributed by atoms with E-state index < -0.39 is 0 Å². The Labute approximate surface area is 220 Å². The summed E-state index contributed by atoms with van der Waals surface area (Å²) in [6, 6.07) is 20.4. The van der Waals surface area contributed by atoms with Crippen LogP contribution in [0, 0.1) is 20.8 Å². The van der Waals surface area contributed by atoms with Crippen LogP contribution in [0.25, 0.3) is 6.08 Å². The normalized spacial score (nSPS) is 14.2. The van der Waals surface area contributed by atoms with Crippen LogP contribution in [0.5, 0.6) is 11.5 Å². The first-order chi connectivity index (χ1) is 17.8. The topological polar surface area (TPSA) is 84.9 Å². The van der Waals surface area contributed by atoms with E-state index in [1.165, 1.54) is 4.90 Å². The maximum absolute atomic E-state index is 12.7. The van der Waals surface area contributed by atoms with Crippen molar-refractivity contribution in [3.05, 3.63) is 93.9 Å². The lowest BCUT2D eigenvalue weighted by Gasteiger charge is -2.13. The lowest BCUT2D eigenvalue weighted by atomic mass is 10.1. The highest BCUT2D eigenvalue weighted by atomic mass is 32.2. The van der Waals surface area contributed by atoms with Gasteiger partial charge in [0.05, 0.1) is 11.4 Å². The highest BCUT2D eigenvalue weighted by Crippen LogP contribution is 2.32. The minimum atomic E-state index is -0.341. The van der Waals surface area contributed by atoms with E-state index in [1.807, 2.05) is 63.2 Å². The Morgan fingerprint density at radius 3 is 2.41 bits per heavy atom. The molecule has 0 spiro atoms. The van der Waals surface area contributed by atoms with Crippen molar-refractivity contribution in [3.63, 3.8) is 0 Å². The number of hydrogen-bond acceptors (Lipinski definition) is 6. The van der Waals surface area contributed by atoms with Gasteiger partial charge in [0.1, 0.15) is 18.1 Å². The van der Waals surface area contributed by atoms with Gasteiger partial charge >= 0.3 is 0 Å². The lowest BCUT2D eigenvalue weighted by Crippen LogP contribution is -2.32. The van der Waals surface area contributed by atoms with E-state index in [0.29, 0.717) is 16.4 Å². The van der Waals surface area contributed by atoms with Crippen molar-refractivity contribution < 1.29 is 23.9 Å².